The second-order valence-corrected chi connectivity index (χ2v) is 7.38. The highest BCUT2D eigenvalue weighted by Crippen LogP contribution is 2.19. The molecule has 0 spiro atoms. The van der Waals surface area contributed by atoms with Crippen LogP contribution >= 0.6 is 0 Å². The van der Waals surface area contributed by atoms with Gasteiger partial charge in [0.15, 0.2) is 0 Å². The van der Waals surface area contributed by atoms with Crippen molar-refractivity contribution in [3.63, 3.8) is 0 Å². The van der Waals surface area contributed by atoms with E-state index in [1.54, 1.807) is 6.07 Å². The van der Waals surface area contributed by atoms with Crippen LogP contribution in [-0.2, 0) is 17.8 Å². The molecule has 6 heteroatoms. The molecule has 1 aromatic rings. The molecule has 1 aromatic carbocycles. The molecule has 2 aliphatic heterocycles. The van der Waals surface area contributed by atoms with Crippen molar-refractivity contribution in [2.75, 3.05) is 32.8 Å². The third-order valence-electron chi connectivity index (χ3n) is 5.03. The van der Waals surface area contributed by atoms with E-state index < -0.39 is 0 Å². The summed E-state index contributed by atoms with van der Waals surface area (Å²) in [5.74, 6) is 0.752. The van der Waals surface area contributed by atoms with Crippen molar-refractivity contribution in [3.8, 4) is 0 Å². The molecule has 27 heavy (non-hydrogen) atoms. The normalized spacial score (nSPS) is 17.9. The molecule has 2 aliphatic rings. The van der Waals surface area contributed by atoms with Gasteiger partial charge in [0, 0.05) is 37.2 Å². The Hall–Kier alpha value is -1.92. The zero-order valence-electron chi connectivity index (χ0n) is 16.3. The predicted octanol–water partition coefficient (Wildman–Crippen LogP) is 3.25. The molecule has 0 saturated carbocycles. The van der Waals surface area contributed by atoms with Crippen molar-refractivity contribution >= 4 is 5.84 Å². The van der Waals surface area contributed by atoms with E-state index in [0.29, 0.717) is 26.2 Å². The van der Waals surface area contributed by atoms with Gasteiger partial charge < -0.3 is 15.4 Å². The first-order chi connectivity index (χ1) is 13.2. The lowest BCUT2D eigenvalue weighted by Crippen LogP contribution is -2.34. The Bertz CT molecular complexity index is 683. The Morgan fingerprint density at radius 1 is 1.22 bits per heavy atom. The van der Waals surface area contributed by atoms with E-state index in [2.05, 4.69) is 16.8 Å². The van der Waals surface area contributed by atoms with Crippen LogP contribution in [0.1, 0.15) is 43.7 Å². The van der Waals surface area contributed by atoms with E-state index in [0.717, 1.165) is 55.2 Å². The van der Waals surface area contributed by atoms with E-state index >= 15 is 0 Å². The number of benzene rings is 1. The van der Waals surface area contributed by atoms with Gasteiger partial charge in [0.2, 0.25) is 0 Å². The molecule has 0 bridgehead atoms. The first-order valence-corrected chi connectivity index (χ1v) is 9.99. The number of hydrogen-bond donors (Lipinski definition) is 1. The molecule has 0 radical (unpaired) electrons. The Morgan fingerprint density at radius 2 is 2.04 bits per heavy atom. The Morgan fingerprint density at radius 3 is 2.81 bits per heavy atom. The SMILES string of the molecule is CCCCOCC1=NCC(N)=CN1Cc1ccc(F)c(CN2CCCC2)c1. The number of nitrogens with zero attached hydrogens (tertiary/aromatic N) is 3. The molecule has 1 saturated heterocycles. The van der Waals surface area contributed by atoms with Gasteiger partial charge in [0.25, 0.3) is 0 Å². The van der Waals surface area contributed by atoms with Gasteiger partial charge in [-0.3, -0.25) is 9.89 Å². The van der Waals surface area contributed by atoms with Gasteiger partial charge in [-0.1, -0.05) is 19.4 Å². The second kappa shape index (κ2) is 9.85. The maximum absolute atomic E-state index is 14.3. The van der Waals surface area contributed by atoms with E-state index in [1.165, 1.54) is 12.8 Å². The lowest BCUT2D eigenvalue weighted by atomic mass is 10.1. The van der Waals surface area contributed by atoms with Gasteiger partial charge >= 0.3 is 0 Å². The van der Waals surface area contributed by atoms with Crippen LogP contribution in [0.25, 0.3) is 0 Å². The van der Waals surface area contributed by atoms with E-state index in [1.807, 2.05) is 23.2 Å². The van der Waals surface area contributed by atoms with Gasteiger partial charge in [-0.25, -0.2) is 4.39 Å². The number of rotatable bonds is 9. The number of halogens is 1. The fourth-order valence-corrected chi connectivity index (χ4v) is 3.49. The highest BCUT2D eigenvalue weighted by molar-refractivity contribution is 5.85. The Balaban J connectivity index is 1.66. The molecule has 2 N–H and O–H groups in total. The highest BCUT2D eigenvalue weighted by Gasteiger charge is 2.17. The maximum atomic E-state index is 14.3. The zero-order chi connectivity index (χ0) is 19.1. The van der Waals surface area contributed by atoms with Crippen LogP contribution in [0.2, 0.25) is 0 Å². The summed E-state index contributed by atoms with van der Waals surface area (Å²) in [4.78, 5) is 8.89. The predicted molar refractivity (Wildman–Crippen MR) is 107 cm³/mol. The van der Waals surface area contributed by atoms with Crippen molar-refractivity contribution in [1.29, 1.82) is 0 Å². The molecule has 0 atom stereocenters. The average molecular weight is 375 g/mol. The van der Waals surface area contributed by atoms with Crippen molar-refractivity contribution in [1.82, 2.24) is 9.80 Å². The van der Waals surface area contributed by atoms with Crippen LogP contribution < -0.4 is 5.73 Å². The van der Waals surface area contributed by atoms with Crippen molar-refractivity contribution in [3.05, 3.63) is 47.0 Å². The summed E-state index contributed by atoms with van der Waals surface area (Å²) in [6, 6.07) is 5.39. The number of aliphatic imine (C=N–C) groups is 1. The maximum Gasteiger partial charge on any atom is 0.130 e. The lowest BCUT2D eigenvalue weighted by Gasteiger charge is -2.27. The molecule has 0 amide bonds. The molecule has 2 heterocycles. The van der Waals surface area contributed by atoms with Crippen LogP contribution in [0.3, 0.4) is 0 Å². The summed E-state index contributed by atoms with van der Waals surface area (Å²) in [7, 11) is 0. The molecule has 1 fully saturated rings. The number of likely N-dealkylation sites (tertiary alicyclic amines) is 1. The van der Waals surface area contributed by atoms with Crippen molar-refractivity contribution < 1.29 is 9.13 Å². The first kappa shape index (κ1) is 19.8. The quantitative estimate of drug-likeness (QED) is 0.674. The van der Waals surface area contributed by atoms with E-state index in [-0.39, 0.29) is 5.82 Å². The van der Waals surface area contributed by atoms with E-state index in [4.69, 9.17) is 10.5 Å². The smallest absolute Gasteiger partial charge is 0.130 e. The van der Waals surface area contributed by atoms with E-state index in [9.17, 15) is 4.39 Å². The number of ether oxygens (including phenoxy) is 1. The molecular formula is C21H31FN4O. The molecule has 0 unspecified atom stereocenters. The minimum atomic E-state index is -0.129. The van der Waals surface area contributed by atoms with Crippen LogP contribution in [0, 0.1) is 5.82 Å². The highest BCUT2D eigenvalue weighted by atomic mass is 19.1. The third kappa shape index (κ3) is 5.78. The summed E-state index contributed by atoms with van der Waals surface area (Å²) in [6.45, 7) is 7.27. The zero-order valence-corrected chi connectivity index (χ0v) is 16.3. The summed E-state index contributed by atoms with van der Waals surface area (Å²) in [6.07, 6.45) is 6.49. The molecule has 5 nitrogen and oxygen atoms in total. The number of unbranched alkanes of at least 4 members (excludes halogenated alkanes) is 1. The fourth-order valence-electron chi connectivity index (χ4n) is 3.49. The van der Waals surface area contributed by atoms with Gasteiger partial charge in [-0.15, -0.1) is 0 Å². The van der Waals surface area contributed by atoms with Crippen LogP contribution in [0.15, 0.2) is 35.1 Å². The van der Waals surface area contributed by atoms with Crippen molar-refractivity contribution in [2.24, 2.45) is 10.7 Å². The third-order valence-corrected chi connectivity index (χ3v) is 5.03. The molecule has 148 valence electrons. The van der Waals surface area contributed by atoms with Crippen LogP contribution in [-0.4, -0.2) is 48.5 Å². The number of nitrogens with two attached hydrogens (primary N) is 1. The standard InChI is InChI=1S/C21H31FN4O/c1-2-3-10-27-16-21-24-12-19(23)15-26(21)13-17-6-7-20(22)18(11-17)14-25-8-4-5-9-25/h6-7,11,15H,2-5,8-10,12-14,16,23H2,1H3. The van der Waals surface area contributed by atoms with Crippen LogP contribution in [0.4, 0.5) is 4.39 Å². The molecule has 0 aliphatic carbocycles. The topological polar surface area (TPSA) is 54.1 Å². The van der Waals surface area contributed by atoms with Gasteiger partial charge in [0.05, 0.1) is 6.54 Å². The second-order valence-electron chi connectivity index (χ2n) is 7.38. The van der Waals surface area contributed by atoms with Gasteiger partial charge in [0.1, 0.15) is 18.3 Å². The van der Waals surface area contributed by atoms with Crippen LogP contribution in [0.5, 0.6) is 0 Å². The molecule has 0 aromatic heterocycles. The van der Waals surface area contributed by atoms with Crippen molar-refractivity contribution in [2.45, 2.75) is 45.7 Å². The fraction of sp³-hybridized carbons (Fsp3) is 0.571. The summed E-state index contributed by atoms with van der Waals surface area (Å²) < 4.78 is 20.0. The molecular weight excluding hydrogens is 343 g/mol. The monoisotopic (exact) mass is 374 g/mol. The minimum Gasteiger partial charge on any atom is -0.399 e. The number of amidine groups is 1. The Labute approximate surface area is 161 Å². The first-order valence-electron chi connectivity index (χ1n) is 9.99. The summed E-state index contributed by atoms with van der Waals surface area (Å²) in [5, 5.41) is 0. The average Bonchev–Trinajstić information content (AvgIpc) is 3.16. The van der Waals surface area contributed by atoms with Gasteiger partial charge in [-0.05, 0) is 50.0 Å². The number of hydrogen-bond acceptors (Lipinski definition) is 5. The minimum absolute atomic E-state index is 0.129. The molecule has 3 rings (SSSR count). The Kier molecular flexibility index (Phi) is 7.24. The summed E-state index contributed by atoms with van der Waals surface area (Å²) in [5.41, 5.74) is 8.53. The largest absolute Gasteiger partial charge is 0.399 e. The lowest BCUT2D eigenvalue weighted by molar-refractivity contribution is 0.161. The van der Waals surface area contributed by atoms with Gasteiger partial charge in [-0.2, -0.15) is 0 Å². The summed E-state index contributed by atoms with van der Waals surface area (Å²) >= 11 is 0.